The molecule has 2 atom stereocenters. The van der Waals surface area contributed by atoms with Crippen LogP contribution in [0, 0.1) is 11.1 Å². The molecule has 0 bridgehead atoms. The van der Waals surface area contributed by atoms with E-state index < -0.39 is 41.1 Å². The first-order valence-corrected chi connectivity index (χ1v) is 12.8. The minimum absolute atomic E-state index is 0.0355. The number of aromatic nitrogens is 1. The van der Waals surface area contributed by atoms with Crippen LogP contribution in [0.1, 0.15) is 47.8 Å². The number of Topliss-reactive ketones (excluding diaryl/α,β-unsaturated/α-hetero) is 1. The Kier molecular flexibility index (Phi) is 10.2. The van der Waals surface area contributed by atoms with Gasteiger partial charge in [-0.1, -0.05) is 31.2 Å². The second kappa shape index (κ2) is 13.6. The standard InChI is InChI=1S/C30H35NO10/c1-17(16-21(32)26-27(33)22(36-3)14-15-31(26)35)30(34)41-18(2)25(19-10-8-12-23(37-4)28(19)39-6)20-11-9-13-24(38-5)29(20)40-7/h8-15,17-18,25,33H,16H2,1-7H3/t17-,18+/m1/s1. The number of benzene rings is 2. The van der Waals surface area contributed by atoms with Gasteiger partial charge in [0.15, 0.2) is 34.9 Å². The highest BCUT2D eigenvalue weighted by molar-refractivity contribution is 5.98. The number of ether oxygens (including phenoxy) is 6. The maximum absolute atomic E-state index is 13.3. The number of carbonyl (C=O) groups excluding carboxylic acids is 2. The summed E-state index contributed by atoms with van der Waals surface area (Å²) in [5, 5.41) is 22.5. The SMILES string of the molecule is COc1cc[n+]([O-])c(C(=O)C[C@@H](C)C(=O)O[C@@H](C)C(c2cccc(OC)c2OC)c2cccc(OC)c2OC)c1O. The third-order valence-electron chi connectivity index (χ3n) is 6.73. The molecule has 0 aliphatic carbocycles. The van der Waals surface area contributed by atoms with E-state index in [0.29, 0.717) is 34.1 Å². The molecule has 0 saturated heterocycles. The molecule has 0 aliphatic rings. The van der Waals surface area contributed by atoms with Crippen molar-refractivity contribution in [1.82, 2.24) is 0 Å². The van der Waals surface area contributed by atoms with Gasteiger partial charge in [0.25, 0.3) is 0 Å². The van der Waals surface area contributed by atoms with Gasteiger partial charge < -0.3 is 38.7 Å². The molecule has 11 nitrogen and oxygen atoms in total. The van der Waals surface area contributed by atoms with Crippen LogP contribution in [-0.2, 0) is 9.53 Å². The van der Waals surface area contributed by atoms with Crippen LogP contribution in [0.3, 0.4) is 0 Å². The Morgan fingerprint density at radius 2 is 1.32 bits per heavy atom. The third kappa shape index (κ3) is 6.40. The van der Waals surface area contributed by atoms with E-state index in [9.17, 15) is 19.9 Å². The van der Waals surface area contributed by atoms with Crippen molar-refractivity contribution in [3.8, 4) is 34.5 Å². The van der Waals surface area contributed by atoms with Crippen LogP contribution in [0.15, 0.2) is 48.7 Å². The molecular weight excluding hydrogens is 534 g/mol. The molecule has 3 aromatic rings. The summed E-state index contributed by atoms with van der Waals surface area (Å²) in [6, 6.07) is 12.0. The second-order valence-electron chi connectivity index (χ2n) is 9.22. The summed E-state index contributed by atoms with van der Waals surface area (Å²) < 4.78 is 33.5. The molecule has 11 heteroatoms. The van der Waals surface area contributed by atoms with E-state index in [1.165, 1.54) is 48.5 Å². The van der Waals surface area contributed by atoms with E-state index in [1.54, 1.807) is 31.2 Å². The molecule has 41 heavy (non-hydrogen) atoms. The lowest BCUT2D eigenvalue weighted by Gasteiger charge is -2.29. The third-order valence-corrected chi connectivity index (χ3v) is 6.73. The molecule has 0 radical (unpaired) electrons. The van der Waals surface area contributed by atoms with E-state index in [1.807, 2.05) is 12.1 Å². The van der Waals surface area contributed by atoms with Crippen molar-refractivity contribution >= 4 is 11.8 Å². The van der Waals surface area contributed by atoms with E-state index in [4.69, 9.17) is 28.4 Å². The maximum atomic E-state index is 13.3. The van der Waals surface area contributed by atoms with Gasteiger partial charge in [0.05, 0.1) is 47.4 Å². The number of nitrogens with zero attached hydrogens (tertiary/aromatic N) is 1. The Bertz CT molecular complexity index is 1330. The highest BCUT2D eigenvalue weighted by atomic mass is 16.5. The minimum Gasteiger partial charge on any atom is -0.618 e. The lowest BCUT2D eigenvalue weighted by molar-refractivity contribution is -0.608. The fourth-order valence-corrected chi connectivity index (χ4v) is 4.74. The topological polar surface area (TPSA) is 137 Å². The van der Waals surface area contributed by atoms with Crippen molar-refractivity contribution in [2.24, 2.45) is 5.92 Å². The molecule has 2 aromatic carbocycles. The normalized spacial score (nSPS) is 12.3. The zero-order valence-electron chi connectivity index (χ0n) is 24.1. The Hall–Kier alpha value is -4.67. The van der Waals surface area contributed by atoms with Crippen LogP contribution in [-0.4, -0.2) is 58.5 Å². The number of para-hydroxylation sites is 2. The van der Waals surface area contributed by atoms with Gasteiger partial charge in [-0.3, -0.25) is 9.59 Å². The first-order valence-electron chi connectivity index (χ1n) is 12.8. The molecule has 1 aromatic heterocycles. The van der Waals surface area contributed by atoms with Crippen LogP contribution in [0.2, 0.25) is 0 Å². The molecule has 0 saturated carbocycles. The molecule has 220 valence electrons. The van der Waals surface area contributed by atoms with E-state index in [-0.39, 0.29) is 16.9 Å². The van der Waals surface area contributed by atoms with Gasteiger partial charge in [0.2, 0.25) is 11.5 Å². The molecule has 1 heterocycles. The van der Waals surface area contributed by atoms with Crippen LogP contribution >= 0.6 is 0 Å². The summed E-state index contributed by atoms with van der Waals surface area (Å²) in [6.07, 6.45) is -0.133. The summed E-state index contributed by atoms with van der Waals surface area (Å²) in [5.41, 5.74) is 0.810. The number of rotatable bonds is 13. The molecule has 0 amide bonds. The average Bonchev–Trinajstić information content (AvgIpc) is 2.96. The van der Waals surface area contributed by atoms with Crippen LogP contribution < -0.4 is 28.4 Å². The lowest BCUT2D eigenvalue weighted by atomic mass is 9.85. The van der Waals surface area contributed by atoms with Gasteiger partial charge in [-0.2, -0.15) is 4.73 Å². The number of aromatic hydroxyl groups is 1. The minimum atomic E-state index is -0.949. The summed E-state index contributed by atoms with van der Waals surface area (Å²) in [7, 11) is 7.38. The fourth-order valence-electron chi connectivity index (χ4n) is 4.74. The van der Waals surface area contributed by atoms with Crippen molar-refractivity contribution in [2.75, 3.05) is 35.5 Å². The van der Waals surface area contributed by atoms with Gasteiger partial charge in [-0.25, -0.2) is 0 Å². The number of carbonyl (C=O) groups is 2. The van der Waals surface area contributed by atoms with Gasteiger partial charge in [-0.05, 0) is 19.1 Å². The number of methoxy groups -OCH3 is 5. The Morgan fingerprint density at radius 3 is 1.78 bits per heavy atom. The van der Waals surface area contributed by atoms with Crippen molar-refractivity contribution in [3.05, 3.63) is 70.7 Å². The van der Waals surface area contributed by atoms with E-state index in [0.717, 1.165) is 6.20 Å². The van der Waals surface area contributed by atoms with Crippen molar-refractivity contribution in [2.45, 2.75) is 32.3 Å². The van der Waals surface area contributed by atoms with Crippen LogP contribution in [0.25, 0.3) is 0 Å². The first-order chi connectivity index (χ1) is 19.6. The molecule has 0 fully saturated rings. The van der Waals surface area contributed by atoms with Crippen LogP contribution in [0.4, 0.5) is 0 Å². The molecule has 1 N–H and O–H groups in total. The molecule has 0 spiro atoms. The zero-order valence-corrected chi connectivity index (χ0v) is 24.1. The van der Waals surface area contributed by atoms with Gasteiger partial charge in [0.1, 0.15) is 6.10 Å². The summed E-state index contributed by atoms with van der Waals surface area (Å²) in [4.78, 5) is 26.2. The van der Waals surface area contributed by atoms with Gasteiger partial charge >= 0.3 is 11.7 Å². The number of ketones is 1. The predicted molar refractivity (Wildman–Crippen MR) is 148 cm³/mol. The second-order valence-corrected chi connectivity index (χ2v) is 9.22. The van der Waals surface area contributed by atoms with Crippen LogP contribution in [0.5, 0.6) is 34.5 Å². The highest BCUT2D eigenvalue weighted by Crippen LogP contribution is 2.45. The quantitative estimate of drug-likeness (QED) is 0.139. The largest absolute Gasteiger partial charge is 0.618 e. The number of hydrogen-bond donors (Lipinski definition) is 1. The van der Waals surface area contributed by atoms with Crippen molar-refractivity contribution in [1.29, 1.82) is 0 Å². The summed E-state index contributed by atoms with van der Waals surface area (Å²) in [5.74, 6) is -1.75. The highest BCUT2D eigenvalue weighted by Gasteiger charge is 2.34. The maximum Gasteiger partial charge on any atom is 0.309 e. The monoisotopic (exact) mass is 569 g/mol. The van der Waals surface area contributed by atoms with Crippen molar-refractivity contribution in [3.63, 3.8) is 0 Å². The Balaban J connectivity index is 1.97. The smallest absolute Gasteiger partial charge is 0.309 e. The predicted octanol–water partition coefficient (Wildman–Crippen LogP) is 4.04. The Morgan fingerprint density at radius 1 is 0.805 bits per heavy atom. The molecule has 0 aliphatic heterocycles. The average molecular weight is 570 g/mol. The van der Waals surface area contributed by atoms with Gasteiger partial charge in [-0.15, -0.1) is 0 Å². The Labute approximate surface area is 238 Å². The number of esters is 1. The first kappa shape index (κ1) is 30.9. The fraction of sp³-hybridized carbons (Fsp3) is 0.367. The number of hydrogen-bond acceptors (Lipinski definition) is 10. The van der Waals surface area contributed by atoms with E-state index >= 15 is 0 Å². The molecule has 0 unspecified atom stereocenters. The van der Waals surface area contributed by atoms with E-state index in [2.05, 4.69) is 0 Å². The summed E-state index contributed by atoms with van der Waals surface area (Å²) in [6.45, 7) is 3.22. The van der Waals surface area contributed by atoms with Gasteiger partial charge in [0, 0.05) is 23.6 Å². The lowest BCUT2D eigenvalue weighted by Crippen LogP contribution is -2.35. The van der Waals surface area contributed by atoms with Crippen molar-refractivity contribution < 1.29 is 47.8 Å². The zero-order chi connectivity index (χ0) is 30.3. The number of pyridine rings is 1. The molecular formula is C30H35NO10. The summed E-state index contributed by atoms with van der Waals surface area (Å²) >= 11 is 0. The molecule has 3 rings (SSSR count).